The van der Waals surface area contributed by atoms with Gasteiger partial charge < -0.3 is 10.2 Å². The molecular weight excluding hydrogens is 559 g/mol. The highest BCUT2D eigenvalue weighted by molar-refractivity contribution is 7.99. The molecule has 0 fully saturated rings. The van der Waals surface area contributed by atoms with Gasteiger partial charge in [-0.05, 0) is 73.0 Å². The Morgan fingerprint density at radius 2 is 1.63 bits per heavy atom. The van der Waals surface area contributed by atoms with Crippen LogP contribution in [0.2, 0.25) is 15.1 Å². The molecule has 0 saturated heterocycles. The van der Waals surface area contributed by atoms with Crippen LogP contribution >= 0.6 is 46.6 Å². The molecule has 3 aromatic carbocycles. The fraction of sp³-hybridized carbons (Fsp3) is 0.333. The summed E-state index contributed by atoms with van der Waals surface area (Å²) in [6, 6.07) is 22.1. The Hall–Kier alpha value is -2.18. The number of thioether (sulfide) groups is 1. The topological polar surface area (TPSA) is 49.4 Å². The Bertz CT molecular complexity index is 1190. The maximum absolute atomic E-state index is 13.7. The van der Waals surface area contributed by atoms with E-state index >= 15 is 0 Å². The van der Waals surface area contributed by atoms with Gasteiger partial charge in [0.2, 0.25) is 11.8 Å². The van der Waals surface area contributed by atoms with Crippen molar-refractivity contribution in [2.45, 2.75) is 63.1 Å². The van der Waals surface area contributed by atoms with Crippen molar-refractivity contribution in [3.63, 3.8) is 0 Å². The maximum atomic E-state index is 13.7. The summed E-state index contributed by atoms with van der Waals surface area (Å²) in [6.45, 7) is 4.25. The number of carbonyl (C=O) groups is 2. The van der Waals surface area contributed by atoms with E-state index in [0.717, 1.165) is 28.2 Å². The summed E-state index contributed by atoms with van der Waals surface area (Å²) < 4.78 is 0. The van der Waals surface area contributed by atoms with Crippen molar-refractivity contribution in [1.82, 2.24) is 10.2 Å². The third kappa shape index (κ3) is 9.53. The highest BCUT2D eigenvalue weighted by Gasteiger charge is 2.30. The molecule has 0 aliphatic rings. The van der Waals surface area contributed by atoms with Crippen molar-refractivity contribution < 1.29 is 9.59 Å². The normalized spacial score (nSPS) is 12.6. The number of rotatable bonds is 13. The molecule has 0 heterocycles. The molecule has 0 saturated carbocycles. The van der Waals surface area contributed by atoms with Crippen LogP contribution < -0.4 is 5.32 Å². The van der Waals surface area contributed by atoms with Crippen molar-refractivity contribution in [2.75, 3.05) is 5.75 Å². The third-order valence-corrected chi connectivity index (χ3v) is 8.32. The molecular formula is C30H33Cl3N2O2S. The van der Waals surface area contributed by atoms with E-state index < -0.39 is 6.04 Å². The first-order valence-corrected chi connectivity index (χ1v) is 14.8. The van der Waals surface area contributed by atoms with E-state index in [1.807, 2.05) is 74.5 Å². The van der Waals surface area contributed by atoms with Crippen LogP contribution in [0.3, 0.4) is 0 Å². The molecule has 0 bridgehead atoms. The molecule has 0 aliphatic heterocycles. The molecule has 202 valence electrons. The second-order valence-electron chi connectivity index (χ2n) is 9.20. The zero-order valence-corrected chi connectivity index (χ0v) is 24.7. The zero-order valence-electron chi connectivity index (χ0n) is 21.6. The van der Waals surface area contributed by atoms with E-state index in [-0.39, 0.29) is 24.4 Å². The van der Waals surface area contributed by atoms with Crippen molar-refractivity contribution in [1.29, 1.82) is 0 Å². The average molecular weight is 592 g/mol. The quantitative estimate of drug-likeness (QED) is 0.161. The van der Waals surface area contributed by atoms with Gasteiger partial charge in [-0.1, -0.05) is 78.1 Å². The van der Waals surface area contributed by atoms with Gasteiger partial charge in [-0.2, -0.15) is 0 Å². The van der Waals surface area contributed by atoms with Gasteiger partial charge in [-0.25, -0.2) is 0 Å². The van der Waals surface area contributed by atoms with Crippen molar-refractivity contribution in [2.24, 2.45) is 0 Å². The molecule has 0 unspecified atom stereocenters. The number of hydrogen-bond acceptors (Lipinski definition) is 3. The Labute approximate surface area is 245 Å². The number of carbonyl (C=O) groups excluding carboxylic acids is 2. The van der Waals surface area contributed by atoms with Crippen LogP contribution in [0.1, 0.15) is 44.2 Å². The standard InChI is InChI=1S/C30H33Cl3N2O2S/c1-3-21(2)34-30(37)28(19-22-8-5-4-6-9-22)35(20-23-11-16-26(32)27(33)18-23)29(36)10-7-17-38-25-14-12-24(31)13-15-25/h4-6,8-9,11-16,18,21,28H,3,7,10,17,19-20H2,1-2H3,(H,34,37)/t21-,28+/m0/s1. The monoisotopic (exact) mass is 590 g/mol. The minimum Gasteiger partial charge on any atom is -0.352 e. The summed E-state index contributed by atoms with van der Waals surface area (Å²) in [5.74, 6) is 0.538. The van der Waals surface area contributed by atoms with Gasteiger partial charge in [0.25, 0.3) is 0 Å². The summed E-state index contributed by atoms with van der Waals surface area (Å²) in [7, 11) is 0. The highest BCUT2D eigenvalue weighted by atomic mass is 35.5. The average Bonchev–Trinajstić information content (AvgIpc) is 2.91. The smallest absolute Gasteiger partial charge is 0.243 e. The first kappa shape index (κ1) is 30.4. The minimum absolute atomic E-state index is 0.00141. The van der Waals surface area contributed by atoms with Gasteiger partial charge in [0.05, 0.1) is 10.0 Å². The zero-order chi connectivity index (χ0) is 27.5. The van der Waals surface area contributed by atoms with Crippen LogP contribution in [-0.2, 0) is 22.6 Å². The summed E-state index contributed by atoms with van der Waals surface area (Å²) in [4.78, 5) is 30.0. The number of hydrogen-bond donors (Lipinski definition) is 1. The van der Waals surface area contributed by atoms with E-state index in [0.29, 0.717) is 34.3 Å². The van der Waals surface area contributed by atoms with Crippen LogP contribution in [0.4, 0.5) is 0 Å². The lowest BCUT2D eigenvalue weighted by molar-refractivity contribution is -0.141. The molecule has 4 nitrogen and oxygen atoms in total. The number of nitrogens with zero attached hydrogens (tertiary/aromatic N) is 1. The highest BCUT2D eigenvalue weighted by Crippen LogP contribution is 2.25. The van der Waals surface area contributed by atoms with Crippen LogP contribution in [0, 0.1) is 0 Å². The fourth-order valence-electron chi connectivity index (χ4n) is 3.92. The summed E-state index contributed by atoms with van der Waals surface area (Å²) in [5, 5.41) is 4.65. The van der Waals surface area contributed by atoms with Crippen LogP contribution in [0.25, 0.3) is 0 Å². The van der Waals surface area contributed by atoms with Gasteiger partial charge in [0, 0.05) is 35.3 Å². The molecule has 2 atom stereocenters. The van der Waals surface area contributed by atoms with Gasteiger partial charge >= 0.3 is 0 Å². The van der Waals surface area contributed by atoms with E-state index in [1.54, 1.807) is 28.8 Å². The lowest BCUT2D eigenvalue weighted by Gasteiger charge is -2.32. The van der Waals surface area contributed by atoms with Crippen molar-refractivity contribution in [3.8, 4) is 0 Å². The first-order chi connectivity index (χ1) is 18.3. The predicted molar refractivity (Wildman–Crippen MR) is 160 cm³/mol. The van der Waals surface area contributed by atoms with E-state index in [9.17, 15) is 9.59 Å². The molecule has 3 aromatic rings. The van der Waals surface area contributed by atoms with Gasteiger partial charge in [-0.3, -0.25) is 9.59 Å². The number of amides is 2. The minimum atomic E-state index is -0.669. The lowest BCUT2D eigenvalue weighted by atomic mass is 10.0. The SMILES string of the molecule is CC[C@H](C)NC(=O)[C@@H](Cc1ccccc1)N(Cc1ccc(Cl)c(Cl)c1)C(=O)CCCSc1ccc(Cl)cc1. The van der Waals surface area contributed by atoms with Crippen molar-refractivity contribution in [3.05, 3.63) is 99.0 Å². The summed E-state index contributed by atoms with van der Waals surface area (Å²) in [5.41, 5.74) is 1.81. The number of halogens is 3. The largest absolute Gasteiger partial charge is 0.352 e. The number of nitrogens with one attached hydrogen (secondary N) is 1. The number of benzene rings is 3. The van der Waals surface area contributed by atoms with Crippen LogP contribution in [-0.4, -0.2) is 34.6 Å². The van der Waals surface area contributed by atoms with E-state index in [2.05, 4.69) is 5.32 Å². The Balaban J connectivity index is 1.82. The maximum Gasteiger partial charge on any atom is 0.243 e. The lowest BCUT2D eigenvalue weighted by Crippen LogP contribution is -2.52. The molecule has 38 heavy (non-hydrogen) atoms. The summed E-state index contributed by atoms with van der Waals surface area (Å²) in [6.07, 6.45) is 2.21. The Morgan fingerprint density at radius 1 is 0.921 bits per heavy atom. The van der Waals surface area contributed by atoms with Crippen LogP contribution in [0.5, 0.6) is 0 Å². The molecule has 8 heteroatoms. The predicted octanol–water partition coefficient (Wildman–Crippen LogP) is 8.07. The Morgan fingerprint density at radius 3 is 2.29 bits per heavy atom. The van der Waals surface area contributed by atoms with Gasteiger partial charge in [0.1, 0.15) is 6.04 Å². The second kappa shape index (κ2) is 15.4. The molecule has 1 N–H and O–H groups in total. The van der Waals surface area contributed by atoms with Gasteiger partial charge in [-0.15, -0.1) is 11.8 Å². The molecule has 0 aromatic heterocycles. The van der Waals surface area contributed by atoms with E-state index in [1.165, 1.54) is 0 Å². The van der Waals surface area contributed by atoms with Gasteiger partial charge in [0.15, 0.2) is 0 Å². The Kier molecular flexibility index (Phi) is 12.3. The summed E-state index contributed by atoms with van der Waals surface area (Å²) >= 11 is 20.1. The van der Waals surface area contributed by atoms with E-state index in [4.69, 9.17) is 34.8 Å². The second-order valence-corrected chi connectivity index (χ2v) is 11.6. The molecule has 3 rings (SSSR count). The third-order valence-electron chi connectivity index (χ3n) is 6.23. The first-order valence-electron chi connectivity index (χ1n) is 12.7. The fourth-order valence-corrected chi connectivity index (χ4v) is 5.22. The van der Waals surface area contributed by atoms with Crippen LogP contribution in [0.15, 0.2) is 77.7 Å². The van der Waals surface area contributed by atoms with Crippen molar-refractivity contribution >= 4 is 58.4 Å². The molecule has 2 amide bonds. The molecule has 0 radical (unpaired) electrons. The molecule has 0 spiro atoms. The molecule has 0 aliphatic carbocycles.